The molecule has 3 rings (SSSR count). The summed E-state index contributed by atoms with van der Waals surface area (Å²) in [5.41, 5.74) is 4.10. The van der Waals surface area contributed by atoms with Gasteiger partial charge >= 0.3 is 0 Å². The van der Waals surface area contributed by atoms with Crippen LogP contribution in [0.1, 0.15) is 90.1 Å². The van der Waals surface area contributed by atoms with Gasteiger partial charge in [-0.15, -0.1) is 0 Å². The molecule has 0 bridgehead atoms. The summed E-state index contributed by atoms with van der Waals surface area (Å²) in [6.07, 6.45) is 0. The molecule has 0 aliphatic carbocycles. The third-order valence-electron chi connectivity index (χ3n) is 6.46. The number of rotatable bonds is 6. The van der Waals surface area contributed by atoms with Gasteiger partial charge in [-0.3, -0.25) is 0 Å². The van der Waals surface area contributed by atoms with Gasteiger partial charge in [-0.1, -0.05) is 104 Å². The second-order valence-corrected chi connectivity index (χ2v) is 13.5. The van der Waals surface area contributed by atoms with Crippen LogP contribution in [0.15, 0.2) is 48.5 Å². The second kappa shape index (κ2) is 10.9. The van der Waals surface area contributed by atoms with E-state index in [1.807, 2.05) is 42.5 Å². The zero-order chi connectivity index (χ0) is 27.8. The molecule has 0 atom stereocenters. The first-order chi connectivity index (χ1) is 17.0. The van der Waals surface area contributed by atoms with Crippen molar-refractivity contribution < 1.29 is 13.9 Å². The fourth-order valence-electron chi connectivity index (χ4n) is 3.84. The van der Waals surface area contributed by atoms with Crippen molar-refractivity contribution in [1.29, 1.82) is 0 Å². The standard InChI is InChI=1S/C32H39Cl2FO2/c1-30(2,3)22-10-12-25(33)20(14-22)18-37-28-17-24(32(7,8)9)15-21(29(28)35)19-36-27-16-23(31(4,5)6)11-13-26(27)34/h10-17H,18-19H2,1-9H3. The highest BCUT2D eigenvalue weighted by molar-refractivity contribution is 6.32. The molecule has 0 radical (unpaired) electrons. The summed E-state index contributed by atoms with van der Waals surface area (Å²) in [5, 5.41) is 1.09. The van der Waals surface area contributed by atoms with Crippen molar-refractivity contribution in [2.24, 2.45) is 0 Å². The highest BCUT2D eigenvalue weighted by Gasteiger charge is 2.22. The SMILES string of the molecule is CC(C)(C)c1ccc(Cl)c(COc2cc(C(C)(C)C)cc(COc3cc(C(C)(C)C)ccc3Cl)c2F)c1. The molecule has 3 aromatic carbocycles. The van der Waals surface area contributed by atoms with Crippen LogP contribution < -0.4 is 9.47 Å². The Bertz CT molecular complexity index is 1170. The van der Waals surface area contributed by atoms with Crippen molar-refractivity contribution in [1.82, 2.24) is 0 Å². The fourth-order valence-corrected chi connectivity index (χ4v) is 4.19. The normalized spacial score (nSPS) is 12.5. The summed E-state index contributed by atoms with van der Waals surface area (Å²) >= 11 is 12.9. The predicted octanol–water partition coefficient (Wildman–Crippen LogP) is 10.2. The van der Waals surface area contributed by atoms with E-state index in [1.54, 1.807) is 6.07 Å². The van der Waals surface area contributed by atoms with E-state index in [2.05, 4.69) is 62.3 Å². The number of ether oxygens (including phenoxy) is 2. The van der Waals surface area contributed by atoms with E-state index in [1.165, 1.54) is 0 Å². The van der Waals surface area contributed by atoms with Gasteiger partial charge in [0, 0.05) is 16.1 Å². The van der Waals surface area contributed by atoms with Crippen LogP contribution in [0.3, 0.4) is 0 Å². The Labute approximate surface area is 232 Å². The van der Waals surface area contributed by atoms with Crippen LogP contribution in [0.25, 0.3) is 0 Å². The lowest BCUT2D eigenvalue weighted by Crippen LogP contribution is -2.14. The van der Waals surface area contributed by atoms with Gasteiger partial charge in [0.15, 0.2) is 11.6 Å². The maximum absolute atomic E-state index is 15.7. The van der Waals surface area contributed by atoms with E-state index in [0.29, 0.717) is 21.4 Å². The number of benzene rings is 3. The highest BCUT2D eigenvalue weighted by Crippen LogP contribution is 2.35. The van der Waals surface area contributed by atoms with Crippen molar-refractivity contribution in [2.75, 3.05) is 0 Å². The van der Waals surface area contributed by atoms with Crippen molar-refractivity contribution in [3.05, 3.63) is 92.2 Å². The van der Waals surface area contributed by atoms with Crippen LogP contribution in [0.5, 0.6) is 11.5 Å². The minimum absolute atomic E-state index is 0.0275. The van der Waals surface area contributed by atoms with Gasteiger partial charge in [-0.05, 0) is 63.3 Å². The van der Waals surface area contributed by atoms with Gasteiger partial charge in [0.25, 0.3) is 0 Å². The summed E-state index contributed by atoms with van der Waals surface area (Å²) in [5.74, 6) is 0.264. The average molecular weight is 546 g/mol. The van der Waals surface area contributed by atoms with Gasteiger partial charge in [0.1, 0.15) is 19.0 Å². The zero-order valence-electron chi connectivity index (χ0n) is 23.5. The molecule has 0 saturated heterocycles. The van der Waals surface area contributed by atoms with E-state index in [-0.39, 0.29) is 35.2 Å². The summed E-state index contributed by atoms with van der Waals surface area (Å²) in [6.45, 7) is 19.2. The van der Waals surface area contributed by atoms with Crippen molar-refractivity contribution in [3.8, 4) is 11.5 Å². The monoisotopic (exact) mass is 544 g/mol. The molecule has 0 fully saturated rings. The molecule has 0 heterocycles. The molecular weight excluding hydrogens is 506 g/mol. The van der Waals surface area contributed by atoms with Gasteiger partial charge in [0.2, 0.25) is 0 Å². The smallest absolute Gasteiger partial charge is 0.171 e. The lowest BCUT2D eigenvalue weighted by atomic mass is 9.86. The van der Waals surface area contributed by atoms with Crippen LogP contribution >= 0.6 is 23.2 Å². The van der Waals surface area contributed by atoms with Crippen LogP contribution in [0.2, 0.25) is 10.0 Å². The topological polar surface area (TPSA) is 18.5 Å². The molecule has 0 aliphatic rings. The molecule has 0 saturated carbocycles. The Balaban J connectivity index is 1.92. The quantitative estimate of drug-likeness (QED) is 0.307. The highest BCUT2D eigenvalue weighted by atomic mass is 35.5. The molecule has 2 nitrogen and oxygen atoms in total. The maximum Gasteiger partial charge on any atom is 0.171 e. The van der Waals surface area contributed by atoms with Crippen LogP contribution in [0, 0.1) is 5.82 Å². The molecular formula is C32H39Cl2FO2. The zero-order valence-corrected chi connectivity index (χ0v) is 25.0. The van der Waals surface area contributed by atoms with E-state index in [0.717, 1.165) is 22.3 Å². The first kappa shape index (κ1) is 29.3. The molecule has 0 aliphatic heterocycles. The van der Waals surface area contributed by atoms with Crippen LogP contribution in [-0.4, -0.2) is 0 Å². The Kier molecular flexibility index (Phi) is 8.61. The molecule has 0 unspecified atom stereocenters. The van der Waals surface area contributed by atoms with Gasteiger partial charge in [-0.2, -0.15) is 0 Å². The number of halogens is 3. The van der Waals surface area contributed by atoms with Crippen LogP contribution in [0.4, 0.5) is 4.39 Å². The van der Waals surface area contributed by atoms with Gasteiger partial charge in [-0.25, -0.2) is 4.39 Å². The minimum Gasteiger partial charge on any atom is -0.487 e. The van der Waals surface area contributed by atoms with Crippen molar-refractivity contribution >= 4 is 23.2 Å². The molecule has 0 aromatic heterocycles. The van der Waals surface area contributed by atoms with E-state index < -0.39 is 5.82 Å². The average Bonchev–Trinajstić information content (AvgIpc) is 2.77. The molecule has 37 heavy (non-hydrogen) atoms. The Hall–Kier alpha value is -2.23. The Morgan fingerprint density at radius 1 is 0.568 bits per heavy atom. The molecule has 0 amide bonds. The first-order valence-electron chi connectivity index (χ1n) is 12.6. The Morgan fingerprint density at radius 3 is 1.57 bits per heavy atom. The van der Waals surface area contributed by atoms with Crippen molar-refractivity contribution in [3.63, 3.8) is 0 Å². The lowest BCUT2D eigenvalue weighted by molar-refractivity contribution is 0.274. The fraction of sp³-hybridized carbons (Fsp3) is 0.438. The summed E-state index contributed by atoms with van der Waals surface area (Å²) in [7, 11) is 0. The molecule has 0 N–H and O–H groups in total. The minimum atomic E-state index is -0.445. The predicted molar refractivity (Wildman–Crippen MR) is 154 cm³/mol. The first-order valence-corrected chi connectivity index (χ1v) is 13.4. The van der Waals surface area contributed by atoms with E-state index in [9.17, 15) is 0 Å². The summed E-state index contributed by atoms with van der Waals surface area (Å²) < 4.78 is 27.8. The third-order valence-corrected chi connectivity index (χ3v) is 7.14. The second-order valence-electron chi connectivity index (χ2n) is 12.7. The summed E-state index contributed by atoms with van der Waals surface area (Å²) in [4.78, 5) is 0. The van der Waals surface area contributed by atoms with Crippen molar-refractivity contribution in [2.45, 2.75) is 91.8 Å². The molecule has 3 aromatic rings. The van der Waals surface area contributed by atoms with Gasteiger partial charge < -0.3 is 9.47 Å². The van der Waals surface area contributed by atoms with Gasteiger partial charge in [0.05, 0.1) is 5.02 Å². The summed E-state index contributed by atoms with van der Waals surface area (Å²) in [6, 6.07) is 15.3. The third kappa shape index (κ3) is 7.42. The van der Waals surface area contributed by atoms with E-state index >= 15 is 4.39 Å². The van der Waals surface area contributed by atoms with Crippen LogP contribution in [-0.2, 0) is 29.5 Å². The number of hydrogen-bond acceptors (Lipinski definition) is 2. The number of hydrogen-bond donors (Lipinski definition) is 0. The lowest BCUT2D eigenvalue weighted by Gasteiger charge is -2.23. The Morgan fingerprint density at radius 2 is 1.00 bits per heavy atom. The van der Waals surface area contributed by atoms with E-state index in [4.69, 9.17) is 32.7 Å². The molecule has 200 valence electrons. The molecule has 5 heteroatoms. The largest absolute Gasteiger partial charge is 0.487 e. The maximum atomic E-state index is 15.7. The molecule has 0 spiro atoms.